The van der Waals surface area contributed by atoms with Gasteiger partial charge in [0.15, 0.2) is 0 Å². The van der Waals surface area contributed by atoms with Crippen molar-refractivity contribution >= 4 is 0 Å². The normalized spacial score (nSPS) is 56.5. The van der Waals surface area contributed by atoms with Crippen molar-refractivity contribution in [1.82, 2.24) is 0 Å². The Kier molecular flexibility index (Phi) is 1.39. The largest absolute Gasteiger partial charge is 0.389 e. The van der Waals surface area contributed by atoms with E-state index in [-0.39, 0.29) is 11.0 Å². The first-order valence-corrected chi connectivity index (χ1v) is 4.81. The third-order valence-corrected chi connectivity index (χ3v) is 4.15. The van der Waals surface area contributed by atoms with Crippen LogP contribution in [0, 0.1) is 11.3 Å². The average molecular weight is 154 g/mol. The molecule has 3 unspecified atom stereocenters. The average Bonchev–Trinajstić information content (AvgIpc) is 1.96. The molecule has 0 amide bonds. The highest BCUT2D eigenvalue weighted by Crippen LogP contribution is 2.61. The van der Waals surface area contributed by atoms with Crippen molar-refractivity contribution < 1.29 is 5.11 Å². The maximum atomic E-state index is 10.3. The number of rotatable bonds is 0. The van der Waals surface area contributed by atoms with Gasteiger partial charge in [-0.3, -0.25) is 0 Å². The molecule has 0 spiro atoms. The first-order chi connectivity index (χ1) is 5.08. The van der Waals surface area contributed by atoms with Gasteiger partial charge in [0.05, 0.1) is 5.60 Å². The standard InChI is InChI=1S/C10H18O/c1-8-7-9(2)5-3-4-6-10(8,9)11/h8,11H,3-7H2,1-2H3. The van der Waals surface area contributed by atoms with Gasteiger partial charge in [-0.15, -0.1) is 0 Å². The fourth-order valence-electron chi connectivity index (χ4n) is 3.26. The highest BCUT2D eigenvalue weighted by Gasteiger charge is 2.60. The minimum atomic E-state index is -0.286. The van der Waals surface area contributed by atoms with Crippen molar-refractivity contribution in [2.75, 3.05) is 0 Å². The van der Waals surface area contributed by atoms with E-state index in [1.54, 1.807) is 0 Å². The van der Waals surface area contributed by atoms with Gasteiger partial charge in [0.1, 0.15) is 0 Å². The summed E-state index contributed by atoms with van der Waals surface area (Å²) in [4.78, 5) is 0. The van der Waals surface area contributed by atoms with Crippen molar-refractivity contribution in [3.8, 4) is 0 Å². The van der Waals surface area contributed by atoms with E-state index in [9.17, 15) is 5.11 Å². The lowest BCUT2D eigenvalue weighted by molar-refractivity contribution is -0.224. The number of aliphatic hydroxyl groups is 1. The van der Waals surface area contributed by atoms with E-state index in [0.29, 0.717) is 5.92 Å². The predicted molar refractivity (Wildman–Crippen MR) is 45.3 cm³/mol. The van der Waals surface area contributed by atoms with Crippen LogP contribution >= 0.6 is 0 Å². The maximum absolute atomic E-state index is 10.3. The molecule has 1 N–H and O–H groups in total. The van der Waals surface area contributed by atoms with Crippen LogP contribution in [0.3, 0.4) is 0 Å². The Balaban J connectivity index is 2.21. The predicted octanol–water partition coefficient (Wildman–Crippen LogP) is 2.34. The van der Waals surface area contributed by atoms with Crippen LogP contribution < -0.4 is 0 Å². The molecule has 3 atom stereocenters. The van der Waals surface area contributed by atoms with Gasteiger partial charge in [0.25, 0.3) is 0 Å². The minimum Gasteiger partial charge on any atom is -0.389 e. The molecule has 2 rings (SSSR count). The zero-order valence-corrected chi connectivity index (χ0v) is 7.56. The molecule has 2 aliphatic rings. The van der Waals surface area contributed by atoms with Crippen LogP contribution in [0.4, 0.5) is 0 Å². The molecule has 0 aliphatic heterocycles. The number of hydrogen-bond acceptors (Lipinski definition) is 1. The van der Waals surface area contributed by atoms with Crippen molar-refractivity contribution in [3.05, 3.63) is 0 Å². The molecule has 0 bridgehead atoms. The quantitative estimate of drug-likeness (QED) is 0.568. The molecule has 0 radical (unpaired) electrons. The second-order valence-corrected chi connectivity index (χ2v) is 4.80. The summed E-state index contributed by atoms with van der Waals surface area (Å²) >= 11 is 0. The summed E-state index contributed by atoms with van der Waals surface area (Å²) in [5.41, 5.74) is -0.00405. The highest BCUT2D eigenvalue weighted by atomic mass is 16.3. The lowest BCUT2D eigenvalue weighted by Gasteiger charge is -2.62. The fourth-order valence-corrected chi connectivity index (χ4v) is 3.26. The summed E-state index contributed by atoms with van der Waals surface area (Å²) in [6.45, 7) is 4.44. The molecule has 64 valence electrons. The van der Waals surface area contributed by atoms with Crippen LogP contribution in [0.15, 0.2) is 0 Å². The molecule has 0 aromatic carbocycles. The van der Waals surface area contributed by atoms with Crippen LogP contribution in [0.2, 0.25) is 0 Å². The molecule has 2 fully saturated rings. The molecule has 0 heterocycles. The second-order valence-electron chi connectivity index (χ2n) is 4.80. The number of fused-ring (bicyclic) bond motifs is 1. The van der Waals surface area contributed by atoms with E-state index in [1.807, 2.05) is 0 Å². The van der Waals surface area contributed by atoms with Crippen molar-refractivity contribution in [2.45, 2.75) is 51.6 Å². The van der Waals surface area contributed by atoms with E-state index in [1.165, 1.54) is 25.7 Å². The Bertz CT molecular complexity index is 174. The van der Waals surface area contributed by atoms with E-state index in [2.05, 4.69) is 13.8 Å². The Morgan fingerprint density at radius 2 is 1.91 bits per heavy atom. The smallest absolute Gasteiger partial charge is 0.0726 e. The Labute approximate surface area is 68.8 Å². The van der Waals surface area contributed by atoms with Crippen LogP contribution in [-0.2, 0) is 0 Å². The van der Waals surface area contributed by atoms with Gasteiger partial charge in [0, 0.05) is 0 Å². The summed E-state index contributed by atoms with van der Waals surface area (Å²) in [7, 11) is 0. The van der Waals surface area contributed by atoms with E-state index < -0.39 is 0 Å². The fraction of sp³-hybridized carbons (Fsp3) is 1.00. The van der Waals surface area contributed by atoms with Crippen LogP contribution in [-0.4, -0.2) is 10.7 Å². The summed E-state index contributed by atoms with van der Waals surface area (Å²) < 4.78 is 0. The summed E-state index contributed by atoms with van der Waals surface area (Å²) in [6.07, 6.45) is 6.09. The van der Waals surface area contributed by atoms with Gasteiger partial charge in [-0.25, -0.2) is 0 Å². The molecular weight excluding hydrogens is 136 g/mol. The first-order valence-electron chi connectivity index (χ1n) is 4.81. The summed E-state index contributed by atoms with van der Waals surface area (Å²) in [5.74, 6) is 0.549. The van der Waals surface area contributed by atoms with Gasteiger partial charge < -0.3 is 5.11 Å². The van der Waals surface area contributed by atoms with E-state index in [4.69, 9.17) is 0 Å². The van der Waals surface area contributed by atoms with E-state index >= 15 is 0 Å². The summed E-state index contributed by atoms with van der Waals surface area (Å²) in [5, 5.41) is 10.3. The van der Waals surface area contributed by atoms with E-state index in [0.717, 1.165) is 6.42 Å². The SMILES string of the molecule is CC1CC2(C)CCCCC12O. The zero-order valence-electron chi connectivity index (χ0n) is 7.56. The number of hydrogen-bond donors (Lipinski definition) is 1. The molecule has 0 aromatic heterocycles. The molecule has 0 aromatic rings. The minimum absolute atomic E-state index is 0.282. The zero-order chi connectivity index (χ0) is 8.11. The molecule has 0 saturated heterocycles. The molecule has 1 nitrogen and oxygen atoms in total. The Morgan fingerprint density at radius 3 is 2.36 bits per heavy atom. The third kappa shape index (κ3) is 0.752. The molecular formula is C10H18O. The van der Waals surface area contributed by atoms with Gasteiger partial charge >= 0.3 is 0 Å². The lowest BCUT2D eigenvalue weighted by Crippen LogP contribution is -2.63. The van der Waals surface area contributed by atoms with Crippen molar-refractivity contribution in [3.63, 3.8) is 0 Å². The monoisotopic (exact) mass is 154 g/mol. The van der Waals surface area contributed by atoms with Gasteiger partial charge in [-0.05, 0) is 30.6 Å². The van der Waals surface area contributed by atoms with Gasteiger partial charge in [-0.1, -0.05) is 26.7 Å². The summed E-state index contributed by atoms with van der Waals surface area (Å²) in [6, 6.07) is 0. The van der Waals surface area contributed by atoms with Crippen LogP contribution in [0.5, 0.6) is 0 Å². The van der Waals surface area contributed by atoms with Crippen LogP contribution in [0.1, 0.15) is 46.0 Å². The van der Waals surface area contributed by atoms with Gasteiger partial charge in [0.2, 0.25) is 0 Å². The van der Waals surface area contributed by atoms with Crippen molar-refractivity contribution in [1.29, 1.82) is 0 Å². The molecule has 1 heteroatoms. The lowest BCUT2D eigenvalue weighted by atomic mass is 9.47. The van der Waals surface area contributed by atoms with Crippen LogP contribution in [0.25, 0.3) is 0 Å². The Hall–Kier alpha value is -0.0400. The second kappa shape index (κ2) is 2.01. The Morgan fingerprint density at radius 1 is 1.27 bits per heavy atom. The molecule has 2 aliphatic carbocycles. The van der Waals surface area contributed by atoms with Gasteiger partial charge in [-0.2, -0.15) is 0 Å². The molecule has 11 heavy (non-hydrogen) atoms. The molecule has 2 saturated carbocycles. The topological polar surface area (TPSA) is 20.2 Å². The maximum Gasteiger partial charge on any atom is 0.0726 e. The first kappa shape index (κ1) is 7.60. The van der Waals surface area contributed by atoms with Crippen molar-refractivity contribution in [2.24, 2.45) is 11.3 Å². The highest BCUT2D eigenvalue weighted by molar-refractivity contribution is 5.11. The third-order valence-electron chi connectivity index (χ3n) is 4.15.